The van der Waals surface area contributed by atoms with Crippen LogP contribution in [-0.4, -0.2) is 31.3 Å². The summed E-state index contributed by atoms with van der Waals surface area (Å²) in [4.78, 5) is 11.6. The number of tetrazole rings is 1. The fraction of sp³-hybridized carbons (Fsp3) is 0. The molecule has 1 N–H and O–H groups in total. The average Bonchev–Trinajstić information content (AvgIpc) is 2.67. The highest BCUT2D eigenvalue weighted by Gasteiger charge is 2.12. The van der Waals surface area contributed by atoms with E-state index in [1.165, 1.54) is 0 Å². The number of nitrogens with zero attached hydrogens (tertiary/aromatic N) is 4. The van der Waals surface area contributed by atoms with Crippen molar-refractivity contribution in [1.29, 1.82) is 0 Å². The second kappa shape index (κ2) is 3.66. The maximum absolute atomic E-state index is 10.5. The van der Waals surface area contributed by atoms with Gasteiger partial charge in [-0.25, -0.2) is 4.79 Å². The molecule has 76 valence electrons. The van der Waals surface area contributed by atoms with Gasteiger partial charge >= 0.3 is 5.97 Å². The van der Waals surface area contributed by atoms with E-state index in [2.05, 4.69) is 15.4 Å². The molecular formula is C8H5ClN4O2. The van der Waals surface area contributed by atoms with E-state index < -0.39 is 5.97 Å². The van der Waals surface area contributed by atoms with Gasteiger partial charge in [-0.05, 0) is 17.3 Å². The first kappa shape index (κ1) is 9.60. The first-order chi connectivity index (χ1) is 7.18. The van der Waals surface area contributed by atoms with Gasteiger partial charge in [-0.2, -0.15) is 0 Å². The van der Waals surface area contributed by atoms with Crippen molar-refractivity contribution in [3.05, 3.63) is 35.1 Å². The van der Waals surface area contributed by atoms with Crippen molar-refractivity contribution in [2.24, 2.45) is 0 Å². The summed E-state index contributed by atoms with van der Waals surface area (Å²) in [5, 5.41) is 19.6. The van der Waals surface area contributed by atoms with Crippen molar-refractivity contribution in [3.8, 4) is 5.69 Å². The van der Waals surface area contributed by atoms with Crippen LogP contribution in [0.15, 0.2) is 24.3 Å². The molecule has 1 aromatic carbocycles. The largest absolute Gasteiger partial charge is 0.475 e. The molecule has 0 unspecified atom stereocenters. The lowest BCUT2D eigenvalue weighted by molar-refractivity contribution is 0.0683. The van der Waals surface area contributed by atoms with Gasteiger partial charge in [-0.1, -0.05) is 23.7 Å². The molecule has 7 heteroatoms. The molecule has 0 aliphatic heterocycles. The quantitative estimate of drug-likeness (QED) is 0.824. The number of halogens is 1. The van der Waals surface area contributed by atoms with Gasteiger partial charge in [0, 0.05) is 0 Å². The van der Waals surface area contributed by atoms with E-state index in [-0.39, 0.29) is 5.82 Å². The molecule has 0 bridgehead atoms. The zero-order valence-corrected chi connectivity index (χ0v) is 8.09. The van der Waals surface area contributed by atoms with Gasteiger partial charge in [0.25, 0.3) is 5.82 Å². The van der Waals surface area contributed by atoms with Crippen LogP contribution in [0.3, 0.4) is 0 Å². The van der Waals surface area contributed by atoms with Gasteiger partial charge in [0.2, 0.25) is 0 Å². The number of carbonyl (C=O) groups is 1. The highest BCUT2D eigenvalue weighted by molar-refractivity contribution is 6.32. The van der Waals surface area contributed by atoms with Gasteiger partial charge in [0.1, 0.15) is 5.69 Å². The highest BCUT2D eigenvalue weighted by atomic mass is 35.5. The zero-order valence-electron chi connectivity index (χ0n) is 7.33. The Morgan fingerprint density at radius 1 is 1.40 bits per heavy atom. The van der Waals surface area contributed by atoms with E-state index in [4.69, 9.17) is 16.7 Å². The van der Waals surface area contributed by atoms with Crippen molar-refractivity contribution in [2.45, 2.75) is 0 Å². The Hall–Kier alpha value is -1.95. The molecular weight excluding hydrogens is 220 g/mol. The molecule has 6 nitrogen and oxygen atoms in total. The number of aromatic nitrogens is 4. The Morgan fingerprint density at radius 3 is 2.73 bits per heavy atom. The summed E-state index contributed by atoms with van der Waals surface area (Å²) in [5.41, 5.74) is 0.485. The van der Waals surface area contributed by atoms with Crippen molar-refractivity contribution in [1.82, 2.24) is 20.2 Å². The number of carboxylic acid groups (broad SMARTS) is 1. The molecule has 15 heavy (non-hydrogen) atoms. The van der Waals surface area contributed by atoms with Crippen molar-refractivity contribution >= 4 is 17.6 Å². The van der Waals surface area contributed by atoms with Crippen LogP contribution in [-0.2, 0) is 0 Å². The zero-order chi connectivity index (χ0) is 10.8. The summed E-state index contributed by atoms with van der Waals surface area (Å²) in [7, 11) is 0. The SMILES string of the molecule is O=C(O)c1nnn(-c2ccccc2Cl)n1. The van der Waals surface area contributed by atoms with Gasteiger partial charge in [0.15, 0.2) is 0 Å². The second-order valence-electron chi connectivity index (χ2n) is 2.66. The molecule has 0 amide bonds. The molecule has 1 aromatic heterocycles. The normalized spacial score (nSPS) is 10.2. The molecule has 0 saturated heterocycles. The third-order valence-electron chi connectivity index (χ3n) is 1.67. The summed E-state index contributed by atoms with van der Waals surface area (Å²) < 4.78 is 0. The Bertz CT molecular complexity index is 511. The lowest BCUT2D eigenvalue weighted by Crippen LogP contribution is -2.02. The van der Waals surface area contributed by atoms with Crippen LogP contribution in [0.2, 0.25) is 5.02 Å². The monoisotopic (exact) mass is 224 g/mol. The molecule has 2 aromatic rings. The van der Waals surface area contributed by atoms with Crippen LogP contribution in [0, 0.1) is 0 Å². The van der Waals surface area contributed by atoms with Gasteiger partial charge in [0.05, 0.1) is 5.02 Å². The molecule has 0 atom stereocenters. The Labute approximate surface area is 89.1 Å². The first-order valence-electron chi connectivity index (χ1n) is 3.96. The predicted molar refractivity (Wildman–Crippen MR) is 51.1 cm³/mol. The third-order valence-corrected chi connectivity index (χ3v) is 1.99. The van der Waals surface area contributed by atoms with Crippen LogP contribution in [0.4, 0.5) is 0 Å². The standard InChI is InChI=1S/C8H5ClN4O2/c9-5-3-1-2-4-6(5)13-11-7(8(14)15)10-12-13/h1-4H,(H,14,15). The van der Waals surface area contributed by atoms with Crippen LogP contribution in [0.5, 0.6) is 0 Å². The fourth-order valence-corrected chi connectivity index (χ4v) is 1.23. The number of aromatic carboxylic acids is 1. The fourth-order valence-electron chi connectivity index (χ4n) is 1.02. The lowest BCUT2D eigenvalue weighted by atomic mass is 10.3. The minimum atomic E-state index is -1.23. The maximum atomic E-state index is 10.5. The number of benzene rings is 1. The Morgan fingerprint density at radius 2 is 2.13 bits per heavy atom. The molecule has 2 rings (SSSR count). The van der Waals surface area contributed by atoms with Crippen LogP contribution in [0.25, 0.3) is 5.69 Å². The second-order valence-corrected chi connectivity index (χ2v) is 3.07. The highest BCUT2D eigenvalue weighted by Crippen LogP contribution is 2.17. The molecule has 0 saturated carbocycles. The molecule has 1 heterocycles. The first-order valence-corrected chi connectivity index (χ1v) is 4.34. The van der Waals surface area contributed by atoms with E-state index in [9.17, 15) is 4.79 Å². The molecule has 0 fully saturated rings. The topological polar surface area (TPSA) is 80.9 Å². The minimum Gasteiger partial charge on any atom is -0.475 e. The van der Waals surface area contributed by atoms with Crippen molar-refractivity contribution < 1.29 is 9.90 Å². The van der Waals surface area contributed by atoms with Crippen LogP contribution < -0.4 is 0 Å². The Balaban J connectivity index is 2.46. The molecule has 0 aliphatic carbocycles. The number of rotatable bonds is 2. The lowest BCUT2D eigenvalue weighted by Gasteiger charge is -1.99. The molecule has 0 aliphatic rings. The van der Waals surface area contributed by atoms with Gasteiger partial charge in [-0.3, -0.25) is 0 Å². The van der Waals surface area contributed by atoms with Crippen LogP contribution >= 0.6 is 11.6 Å². The van der Waals surface area contributed by atoms with E-state index in [1.807, 2.05) is 0 Å². The summed E-state index contributed by atoms with van der Waals surface area (Å²) in [6, 6.07) is 6.81. The summed E-state index contributed by atoms with van der Waals surface area (Å²) in [6.45, 7) is 0. The maximum Gasteiger partial charge on any atom is 0.377 e. The Kier molecular flexibility index (Phi) is 2.34. The van der Waals surface area contributed by atoms with Crippen molar-refractivity contribution in [2.75, 3.05) is 0 Å². The third kappa shape index (κ3) is 1.79. The van der Waals surface area contributed by atoms with E-state index in [1.54, 1.807) is 24.3 Å². The summed E-state index contributed by atoms with van der Waals surface area (Å²) >= 11 is 5.87. The number of hydrogen-bond donors (Lipinski definition) is 1. The summed E-state index contributed by atoms with van der Waals surface area (Å²) in [6.07, 6.45) is 0. The molecule has 0 spiro atoms. The van der Waals surface area contributed by atoms with Crippen molar-refractivity contribution in [3.63, 3.8) is 0 Å². The van der Waals surface area contributed by atoms with E-state index in [0.29, 0.717) is 10.7 Å². The van der Waals surface area contributed by atoms with E-state index in [0.717, 1.165) is 4.80 Å². The molecule has 0 radical (unpaired) electrons. The predicted octanol–water partition coefficient (Wildman–Crippen LogP) is 1.01. The van der Waals surface area contributed by atoms with Gasteiger partial charge in [-0.15, -0.1) is 15.0 Å². The van der Waals surface area contributed by atoms with Crippen LogP contribution in [0.1, 0.15) is 10.6 Å². The van der Waals surface area contributed by atoms with Gasteiger partial charge < -0.3 is 5.11 Å². The summed E-state index contributed by atoms with van der Waals surface area (Å²) in [5.74, 6) is -1.59. The average molecular weight is 225 g/mol. The van der Waals surface area contributed by atoms with E-state index >= 15 is 0 Å². The minimum absolute atomic E-state index is 0.366. The number of carboxylic acids is 1. The smallest absolute Gasteiger partial charge is 0.377 e. The number of para-hydroxylation sites is 1. The number of hydrogen-bond acceptors (Lipinski definition) is 4.